The zero-order valence-corrected chi connectivity index (χ0v) is 17.3. The van der Waals surface area contributed by atoms with Crippen LogP contribution in [0.3, 0.4) is 0 Å². The molecule has 2 atom stereocenters. The molecule has 3 aliphatic rings. The van der Waals surface area contributed by atoms with Crippen LogP contribution in [0.1, 0.15) is 58.1 Å². The Morgan fingerprint density at radius 1 is 1.23 bits per heavy atom. The third-order valence-electron chi connectivity index (χ3n) is 6.04. The van der Waals surface area contributed by atoms with Crippen molar-refractivity contribution in [1.29, 1.82) is 0 Å². The Bertz CT molecular complexity index is 1010. The van der Waals surface area contributed by atoms with Gasteiger partial charge in [-0.1, -0.05) is 12.1 Å². The number of amides is 3. The lowest BCUT2D eigenvalue weighted by atomic mass is 10.0. The Balaban J connectivity index is 1.30. The summed E-state index contributed by atoms with van der Waals surface area (Å²) in [5, 5.41) is 10.1. The molecule has 1 aromatic heterocycles. The molecule has 4 heterocycles. The Labute approximate surface area is 178 Å². The maximum atomic E-state index is 12.9. The summed E-state index contributed by atoms with van der Waals surface area (Å²) in [5.41, 5.74) is 2.59. The molecule has 0 saturated carbocycles. The van der Waals surface area contributed by atoms with E-state index in [1.807, 2.05) is 18.3 Å². The van der Waals surface area contributed by atoms with Crippen LogP contribution in [0.15, 0.2) is 24.4 Å². The minimum Gasteiger partial charge on any atom is -0.357 e. The number of hydrogen-bond acceptors (Lipinski definition) is 7. The van der Waals surface area contributed by atoms with Gasteiger partial charge in [-0.25, -0.2) is 4.98 Å². The molecule has 3 amide bonds. The average molecular weight is 426 g/mol. The molecule has 30 heavy (non-hydrogen) atoms. The maximum absolute atomic E-state index is 12.9. The van der Waals surface area contributed by atoms with Gasteiger partial charge in [-0.2, -0.15) is 0 Å². The third kappa shape index (κ3) is 3.48. The van der Waals surface area contributed by atoms with Gasteiger partial charge in [0.05, 0.1) is 0 Å². The van der Waals surface area contributed by atoms with Crippen molar-refractivity contribution in [3.05, 3.63) is 46.0 Å². The number of benzene rings is 1. The van der Waals surface area contributed by atoms with Crippen LogP contribution in [0.2, 0.25) is 0 Å². The van der Waals surface area contributed by atoms with Crippen molar-refractivity contribution in [3.63, 3.8) is 0 Å². The highest BCUT2D eigenvalue weighted by Gasteiger charge is 2.39. The van der Waals surface area contributed by atoms with Gasteiger partial charge in [0, 0.05) is 42.2 Å². The summed E-state index contributed by atoms with van der Waals surface area (Å²) in [6.07, 6.45) is 4.90. The molecule has 5 rings (SSSR count). The van der Waals surface area contributed by atoms with Crippen LogP contribution in [0.5, 0.6) is 0 Å². The number of thiazole rings is 1. The van der Waals surface area contributed by atoms with Crippen LogP contribution in [0.4, 0.5) is 5.13 Å². The van der Waals surface area contributed by atoms with E-state index in [1.165, 1.54) is 11.3 Å². The molecular formula is C21H23N5O3S. The van der Waals surface area contributed by atoms with Crippen molar-refractivity contribution in [3.8, 4) is 0 Å². The highest BCUT2D eigenvalue weighted by Crippen LogP contribution is 2.32. The monoisotopic (exact) mass is 425 g/mol. The molecule has 2 fully saturated rings. The number of nitrogens with zero attached hydrogens (tertiary/aromatic N) is 2. The van der Waals surface area contributed by atoms with Crippen LogP contribution in [-0.2, 0) is 22.7 Å². The fourth-order valence-corrected chi connectivity index (χ4v) is 5.36. The highest BCUT2D eigenvalue weighted by molar-refractivity contribution is 7.15. The number of hydrogen-bond donors (Lipinski definition) is 3. The van der Waals surface area contributed by atoms with E-state index in [0.717, 1.165) is 29.2 Å². The number of nitrogens with one attached hydrogen (secondary N) is 3. The lowest BCUT2D eigenvalue weighted by Crippen LogP contribution is -2.52. The Kier molecular flexibility index (Phi) is 5.00. The summed E-state index contributed by atoms with van der Waals surface area (Å²) in [4.78, 5) is 43.9. The van der Waals surface area contributed by atoms with Crippen molar-refractivity contribution in [2.75, 3.05) is 11.9 Å². The van der Waals surface area contributed by atoms with Gasteiger partial charge in [-0.3, -0.25) is 19.7 Å². The minimum atomic E-state index is -0.594. The molecule has 3 N–H and O–H groups in total. The van der Waals surface area contributed by atoms with Gasteiger partial charge in [0.1, 0.15) is 6.04 Å². The molecular weight excluding hydrogens is 402 g/mol. The molecule has 0 radical (unpaired) electrons. The number of aromatic nitrogens is 1. The lowest BCUT2D eigenvalue weighted by Gasteiger charge is -2.29. The van der Waals surface area contributed by atoms with Crippen LogP contribution in [-0.4, -0.2) is 40.2 Å². The Morgan fingerprint density at radius 2 is 2.13 bits per heavy atom. The molecule has 156 valence electrons. The number of fused-ring (bicyclic) bond motifs is 1. The van der Waals surface area contributed by atoms with E-state index in [4.69, 9.17) is 0 Å². The highest BCUT2D eigenvalue weighted by atomic mass is 32.1. The summed E-state index contributed by atoms with van der Waals surface area (Å²) < 4.78 is 0. The van der Waals surface area contributed by atoms with Gasteiger partial charge >= 0.3 is 0 Å². The summed E-state index contributed by atoms with van der Waals surface area (Å²) in [6.45, 7) is 2.00. The van der Waals surface area contributed by atoms with Gasteiger partial charge in [-0.05, 0) is 43.0 Å². The predicted octanol–water partition coefficient (Wildman–Crippen LogP) is 1.94. The molecule has 2 aromatic rings. The fraction of sp³-hybridized carbons (Fsp3) is 0.429. The van der Waals surface area contributed by atoms with Crippen LogP contribution < -0.4 is 16.0 Å². The quantitative estimate of drug-likeness (QED) is 0.633. The summed E-state index contributed by atoms with van der Waals surface area (Å²) in [6, 6.07) is 5.49. The summed E-state index contributed by atoms with van der Waals surface area (Å²) in [5.74, 6) is -0.811. The van der Waals surface area contributed by atoms with E-state index < -0.39 is 6.04 Å². The van der Waals surface area contributed by atoms with E-state index in [2.05, 4.69) is 20.9 Å². The Hall–Kier alpha value is -2.78. The van der Waals surface area contributed by atoms with E-state index in [9.17, 15) is 14.4 Å². The summed E-state index contributed by atoms with van der Waals surface area (Å²) in [7, 11) is 0. The molecule has 2 saturated heterocycles. The van der Waals surface area contributed by atoms with Crippen LogP contribution in [0, 0.1) is 0 Å². The summed E-state index contributed by atoms with van der Waals surface area (Å²) >= 11 is 1.66. The fourth-order valence-electron chi connectivity index (χ4n) is 4.44. The van der Waals surface area contributed by atoms with E-state index in [1.54, 1.807) is 22.3 Å². The molecule has 0 bridgehead atoms. The SMILES string of the molecule is O=C1CCC(N2Cc3c(CNc4ncc(C5CCCN5)s4)cccc3C2=O)C(=O)N1. The molecule has 8 nitrogen and oxygen atoms in total. The lowest BCUT2D eigenvalue weighted by molar-refractivity contribution is -0.136. The first-order valence-corrected chi connectivity index (χ1v) is 11.1. The zero-order chi connectivity index (χ0) is 20.7. The third-order valence-corrected chi connectivity index (χ3v) is 7.11. The largest absolute Gasteiger partial charge is 0.357 e. The molecule has 1 aromatic carbocycles. The smallest absolute Gasteiger partial charge is 0.255 e. The molecule has 9 heteroatoms. The predicted molar refractivity (Wildman–Crippen MR) is 112 cm³/mol. The van der Waals surface area contributed by atoms with Crippen molar-refractivity contribution in [2.24, 2.45) is 0 Å². The second kappa shape index (κ2) is 7.81. The minimum absolute atomic E-state index is 0.148. The maximum Gasteiger partial charge on any atom is 0.255 e. The number of rotatable bonds is 5. The van der Waals surface area contributed by atoms with Crippen molar-refractivity contribution < 1.29 is 14.4 Å². The number of anilines is 1. The average Bonchev–Trinajstić information content (AvgIpc) is 3.47. The van der Waals surface area contributed by atoms with Crippen molar-refractivity contribution >= 4 is 34.2 Å². The van der Waals surface area contributed by atoms with E-state index in [-0.39, 0.29) is 24.1 Å². The van der Waals surface area contributed by atoms with Gasteiger partial charge in [0.25, 0.3) is 5.91 Å². The molecule has 3 aliphatic heterocycles. The number of piperidine rings is 1. The second-order valence-electron chi connectivity index (χ2n) is 7.91. The van der Waals surface area contributed by atoms with Gasteiger partial charge in [0.15, 0.2) is 5.13 Å². The first-order valence-electron chi connectivity index (χ1n) is 10.3. The standard InChI is InChI=1S/C21H23N5O3S/c27-18-7-6-16(19(28)25-18)26-11-14-12(3-1-4-13(14)20(26)29)9-23-21-24-10-17(30-21)15-5-2-8-22-15/h1,3-4,10,15-16,22H,2,5-9,11H2,(H,23,24)(H,25,27,28). The van der Waals surface area contributed by atoms with Gasteiger partial charge < -0.3 is 15.5 Å². The van der Waals surface area contributed by atoms with E-state index in [0.29, 0.717) is 31.1 Å². The number of imide groups is 1. The molecule has 0 spiro atoms. The normalized spacial score (nSPS) is 23.6. The van der Waals surface area contributed by atoms with Crippen LogP contribution >= 0.6 is 11.3 Å². The van der Waals surface area contributed by atoms with Crippen LogP contribution in [0.25, 0.3) is 0 Å². The topological polar surface area (TPSA) is 103 Å². The number of carbonyl (C=O) groups is 3. The van der Waals surface area contributed by atoms with Crippen molar-refractivity contribution in [1.82, 2.24) is 20.5 Å². The molecule has 2 unspecified atom stereocenters. The first-order chi connectivity index (χ1) is 14.6. The van der Waals surface area contributed by atoms with E-state index >= 15 is 0 Å². The second-order valence-corrected chi connectivity index (χ2v) is 8.98. The molecule has 0 aliphatic carbocycles. The number of carbonyl (C=O) groups excluding carboxylic acids is 3. The van der Waals surface area contributed by atoms with Crippen molar-refractivity contribution in [2.45, 2.75) is 50.9 Å². The van der Waals surface area contributed by atoms with Gasteiger partial charge in [0.2, 0.25) is 11.8 Å². The Morgan fingerprint density at radius 3 is 2.93 bits per heavy atom. The zero-order valence-electron chi connectivity index (χ0n) is 16.4. The van der Waals surface area contributed by atoms with Gasteiger partial charge in [-0.15, -0.1) is 11.3 Å². The first kappa shape index (κ1) is 19.2.